The molecular formula is C22H24N2O3. The third kappa shape index (κ3) is 3.77. The topological polar surface area (TPSA) is 66.5 Å². The van der Waals surface area contributed by atoms with Gasteiger partial charge < -0.3 is 5.32 Å². The zero-order chi connectivity index (χ0) is 19.6. The van der Waals surface area contributed by atoms with Gasteiger partial charge in [0.25, 0.3) is 5.91 Å². The minimum absolute atomic E-state index is 0.0680. The summed E-state index contributed by atoms with van der Waals surface area (Å²) in [5.41, 5.74) is 2.40. The summed E-state index contributed by atoms with van der Waals surface area (Å²) < 4.78 is 0. The fourth-order valence-electron chi connectivity index (χ4n) is 3.36. The maximum absolute atomic E-state index is 13.5. The minimum Gasteiger partial charge on any atom is -0.340 e. The van der Waals surface area contributed by atoms with E-state index in [4.69, 9.17) is 0 Å². The first kappa shape index (κ1) is 18.8. The van der Waals surface area contributed by atoms with Gasteiger partial charge in [-0.25, -0.2) is 0 Å². The van der Waals surface area contributed by atoms with E-state index >= 15 is 0 Å². The molecule has 2 amide bonds. The Morgan fingerprint density at radius 3 is 2.26 bits per heavy atom. The van der Waals surface area contributed by atoms with Gasteiger partial charge in [-0.3, -0.25) is 19.3 Å². The Labute approximate surface area is 159 Å². The Bertz CT molecular complexity index is 861. The number of para-hydroxylation sites is 1. The number of hydrogen-bond donors (Lipinski definition) is 1. The Balaban J connectivity index is 2.02. The number of nitrogens with zero attached hydrogens (tertiary/aromatic N) is 1. The number of hydrogen-bond acceptors (Lipinski definition) is 3. The first-order valence-electron chi connectivity index (χ1n) is 9.17. The minimum atomic E-state index is -0.839. The van der Waals surface area contributed by atoms with Gasteiger partial charge in [0, 0.05) is 18.0 Å². The highest BCUT2D eigenvalue weighted by atomic mass is 16.2. The summed E-state index contributed by atoms with van der Waals surface area (Å²) in [7, 11) is 0. The number of amides is 2. The molecule has 0 aliphatic carbocycles. The SMILES string of the molecule is CC(=O)[C@@H]1Cc2ccccc2N1C(=O)[C@@H](NC(=O)C(C)C)c1ccccc1. The van der Waals surface area contributed by atoms with E-state index in [0.717, 1.165) is 11.3 Å². The Kier molecular flexibility index (Phi) is 5.40. The molecule has 1 aliphatic heterocycles. The van der Waals surface area contributed by atoms with E-state index in [1.54, 1.807) is 18.7 Å². The van der Waals surface area contributed by atoms with Crippen LogP contribution in [0, 0.1) is 5.92 Å². The lowest BCUT2D eigenvalue weighted by Gasteiger charge is -2.29. The molecule has 0 saturated heterocycles. The number of carbonyl (C=O) groups is 3. The van der Waals surface area contributed by atoms with Gasteiger partial charge in [0.2, 0.25) is 5.91 Å². The molecule has 2 aromatic carbocycles. The van der Waals surface area contributed by atoms with Crippen molar-refractivity contribution in [3.8, 4) is 0 Å². The summed E-state index contributed by atoms with van der Waals surface area (Å²) in [6.45, 7) is 5.07. The van der Waals surface area contributed by atoms with Crippen LogP contribution >= 0.6 is 0 Å². The molecule has 1 N–H and O–H groups in total. The number of fused-ring (bicyclic) bond motifs is 1. The highest BCUT2D eigenvalue weighted by Crippen LogP contribution is 2.34. The molecule has 0 radical (unpaired) electrons. The molecule has 5 nitrogen and oxygen atoms in total. The van der Waals surface area contributed by atoms with Gasteiger partial charge >= 0.3 is 0 Å². The Morgan fingerprint density at radius 1 is 1.00 bits per heavy atom. The van der Waals surface area contributed by atoms with Crippen molar-refractivity contribution < 1.29 is 14.4 Å². The molecule has 5 heteroatoms. The molecular weight excluding hydrogens is 340 g/mol. The number of benzene rings is 2. The second kappa shape index (κ2) is 7.74. The third-order valence-electron chi connectivity index (χ3n) is 4.87. The van der Waals surface area contributed by atoms with Gasteiger partial charge in [-0.05, 0) is 24.1 Å². The number of nitrogens with one attached hydrogen (secondary N) is 1. The van der Waals surface area contributed by atoms with Crippen molar-refractivity contribution in [3.05, 3.63) is 65.7 Å². The second-order valence-electron chi connectivity index (χ2n) is 7.17. The quantitative estimate of drug-likeness (QED) is 0.887. The highest BCUT2D eigenvalue weighted by molar-refractivity contribution is 6.07. The van der Waals surface area contributed by atoms with Crippen LogP contribution in [0.25, 0.3) is 0 Å². The second-order valence-corrected chi connectivity index (χ2v) is 7.17. The van der Waals surface area contributed by atoms with Crippen LogP contribution in [0.2, 0.25) is 0 Å². The summed E-state index contributed by atoms with van der Waals surface area (Å²) in [5, 5.41) is 2.86. The number of anilines is 1. The normalized spacial score (nSPS) is 16.7. The van der Waals surface area contributed by atoms with E-state index in [1.165, 1.54) is 6.92 Å². The largest absolute Gasteiger partial charge is 0.340 e. The van der Waals surface area contributed by atoms with Crippen molar-refractivity contribution in [2.45, 2.75) is 39.3 Å². The van der Waals surface area contributed by atoms with Gasteiger partial charge in [0.1, 0.15) is 6.04 Å². The highest BCUT2D eigenvalue weighted by Gasteiger charge is 2.40. The summed E-state index contributed by atoms with van der Waals surface area (Å²) in [6, 6.07) is 15.3. The van der Waals surface area contributed by atoms with E-state index in [9.17, 15) is 14.4 Å². The van der Waals surface area contributed by atoms with Crippen LogP contribution in [0.4, 0.5) is 5.69 Å². The van der Waals surface area contributed by atoms with Crippen molar-refractivity contribution in [2.24, 2.45) is 5.92 Å². The van der Waals surface area contributed by atoms with Crippen molar-refractivity contribution in [3.63, 3.8) is 0 Å². The van der Waals surface area contributed by atoms with E-state index in [0.29, 0.717) is 12.0 Å². The van der Waals surface area contributed by atoms with Crippen LogP contribution in [-0.2, 0) is 20.8 Å². The molecule has 0 unspecified atom stereocenters. The lowest BCUT2D eigenvalue weighted by atomic mass is 10.0. The van der Waals surface area contributed by atoms with E-state index < -0.39 is 12.1 Å². The van der Waals surface area contributed by atoms with Crippen molar-refractivity contribution in [2.75, 3.05) is 4.90 Å². The average molecular weight is 364 g/mol. The van der Waals surface area contributed by atoms with Gasteiger partial charge in [-0.1, -0.05) is 62.4 Å². The van der Waals surface area contributed by atoms with Crippen LogP contribution in [0.5, 0.6) is 0 Å². The van der Waals surface area contributed by atoms with E-state index in [-0.39, 0.29) is 23.5 Å². The molecule has 1 aliphatic rings. The van der Waals surface area contributed by atoms with Crippen molar-refractivity contribution in [1.82, 2.24) is 5.32 Å². The van der Waals surface area contributed by atoms with Crippen LogP contribution in [0.15, 0.2) is 54.6 Å². The van der Waals surface area contributed by atoms with Gasteiger partial charge in [-0.2, -0.15) is 0 Å². The Morgan fingerprint density at radius 2 is 1.63 bits per heavy atom. The standard InChI is InChI=1S/C22H24N2O3/c1-14(2)21(26)23-20(16-9-5-4-6-10-16)22(27)24-18-12-8-7-11-17(18)13-19(24)15(3)25/h4-12,14,19-20H,13H2,1-3H3,(H,23,26)/t19-,20-/m0/s1. The molecule has 1 heterocycles. The number of carbonyl (C=O) groups excluding carboxylic acids is 3. The lowest BCUT2D eigenvalue weighted by Crippen LogP contribution is -2.49. The summed E-state index contributed by atoms with van der Waals surface area (Å²) >= 11 is 0. The number of Topliss-reactive ketones (excluding diaryl/α,β-unsaturated/α-hetero) is 1. The molecule has 0 spiro atoms. The fraction of sp³-hybridized carbons (Fsp3) is 0.318. The van der Waals surface area contributed by atoms with Crippen LogP contribution in [0.3, 0.4) is 0 Å². The van der Waals surface area contributed by atoms with Crippen molar-refractivity contribution in [1.29, 1.82) is 0 Å². The molecule has 0 fully saturated rings. The molecule has 0 saturated carbocycles. The molecule has 0 aromatic heterocycles. The summed E-state index contributed by atoms with van der Waals surface area (Å²) in [6.07, 6.45) is 0.497. The maximum Gasteiger partial charge on any atom is 0.254 e. The van der Waals surface area contributed by atoms with E-state index in [2.05, 4.69) is 5.32 Å². The molecule has 27 heavy (non-hydrogen) atoms. The van der Waals surface area contributed by atoms with E-state index in [1.807, 2.05) is 54.6 Å². The van der Waals surface area contributed by atoms with Gasteiger partial charge in [0.05, 0.1) is 6.04 Å². The lowest BCUT2D eigenvalue weighted by molar-refractivity contribution is -0.130. The predicted molar refractivity (Wildman–Crippen MR) is 104 cm³/mol. The Hall–Kier alpha value is -2.95. The molecule has 3 rings (SSSR count). The fourth-order valence-corrected chi connectivity index (χ4v) is 3.36. The average Bonchev–Trinajstić information content (AvgIpc) is 3.06. The first-order valence-corrected chi connectivity index (χ1v) is 9.17. The summed E-state index contributed by atoms with van der Waals surface area (Å²) in [5.74, 6) is -0.815. The first-order chi connectivity index (χ1) is 12.9. The molecule has 2 atom stereocenters. The van der Waals surface area contributed by atoms with Crippen LogP contribution in [0.1, 0.15) is 37.9 Å². The number of ketones is 1. The predicted octanol–water partition coefficient (Wildman–Crippen LogP) is 3.05. The molecule has 0 bridgehead atoms. The third-order valence-corrected chi connectivity index (χ3v) is 4.87. The van der Waals surface area contributed by atoms with Gasteiger partial charge in [0.15, 0.2) is 5.78 Å². The van der Waals surface area contributed by atoms with Crippen LogP contribution in [-0.4, -0.2) is 23.6 Å². The van der Waals surface area contributed by atoms with Crippen molar-refractivity contribution >= 4 is 23.3 Å². The van der Waals surface area contributed by atoms with Crippen LogP contribution < -0.4 is 10.2 Å². The monoisotopic (exact) mass is 364 g/mol. The number of rotatable bonds is 5. The molecule has 140 valence electrons. The molecule has 2 aromatic rings. The van der Waals surface area contributed by atoms with Gasteiger partial charge in [-0.15, -0.1) is 0 Å². The zero-order valence-corrected chi connectivity index (χ0v) is 15.8. The maximum atomic E-state index is 13.5. The summed E-state index contributed by atoms with van der Waals surface area (Å²) in [4.78, 5) is 39.7. The zero-order valence-electron chi connectivity index (χ0n) is 15.8. The smallest absolute Gasteiger partial charge is 0.254 e.